The molecule has 1 aromatic rings. The van der Waals surface area contributed by atoms with Crippen LogP contribution in [-0.2, 0) is 0 Å². The van der Waals surface area contributed by atoms with E-state index in [1.54, 1.807) is 36.4 Å². The maximum atomic E-state index is 13.8. The number of rotatable bonds is 1. The van der Waals surface area contributed by atoms with Crippen LogP contribution in [0.3, 0.4) is 0 Å². The Morgan fingerprint density at radius 3 is 2.44 bits per heavy atom. The maximum Gasteiger partial charge on any atom is 0.111 e. The Hall–Kier alpha value is -1.13. The molecule has 0 bridgehead atoms. The van der Waals surface area contributed by atoms with Gasteiger partial charge in [-0.1, -0.05) is 40.2 Å². The summed E-state index contributed by atoms with van der Waals surface area (Å²) in [6.07, 6.45) is 3.60. The molecule has 16 heavy (non-hydrogen) atoms. The van der Waals surface area contributed by atoms with Crippen LogP contribution in [0.1, 0.15) is 12.0 Å². The molecule has 0 spiro atoms. The minimum atomic E-state index is -0.769. The number of halogens is 2. The van der Waals surface area contributed by atoms with E-state index in [-0.39, 0.29) is 12.2 Å². The quantitative estimate of drug-likeness (QED) is 0.473. The predicted molar refractivity (Wildman–Crippen MR) is 68.5 cm³/mol. The molecule has 2 nitrogen and oxygen atoms in total. The minimum Gasteiger partial charge on any atom is -0.399 e. The Balaban J connectivity index is 2.36. The van der Waals surface area contributed by atoms with Gasteiger partial charge in [0.05, 0.1) is 4.45 Å². The number of benzene rings is 1. The summed E-state index contributed by atoms with van der Waals surface area (Å²) in [6, 6.07) is 7.10. The highest BCUT2D eigenvalue weighted by molar-refractivity contribution is 9.10. The molecule has 1 aliphatic rings. The fourth-order valence-electron chi connectivity index (χ4n) is 1.62. The summed E-state index contributed by atoms with van der Waals surface area (Å²) >= 11 is 3.24. The number of anilines is 1. The van der Waals surface area contributed by atoms with Gasteiger partial charge in [-0.15, -0.1) is 0 Å². The second-order valence-electron chi connectivity index (χ2n) is 3.88. The number of alkyl halides is 1. The van der Waals surface area contributed by atoms with E-state index in [0.717, 1.165) is 5.56 Å². The average Bonchev–Trinajstić information content (AvgIpc) is 2.19. The molecule has 0 fully saturated rings. The van der Waals surface area contributed by atoms with Crippen molar-refractivity contribution < 1.29 is 4.39 Å². The van der Waals surface area contributed by atoms with Crippen molar-refractivity contribution in [2.75, 3.05) is 5.73 Å². The van der Waals surface area contributed by atoms with Gasteiger partial charge in [-0.05, 0) is 17.7 Å². The van der Waals surface area contributed by atoms with Crippen molar-refractivity contribution in [2.24, 2.45) is 5.73 Å². The third-order valence-electron chi connectivity index (χ3n) is 2.47. The lowest BCUT2D eigenvalue weighted by Gasteiger charge is -2.22. The summed E-state index contributed by atoms with van der Waals surface area (Å²) in [6.45, 7) is 0. The summed E-state index contributed by atoms with van der Waals surface area (Å²) in [4.78, 5) is 0. The zero-order valence-corrected chi connectivity index (χ0v) is 10.2. The number of nitrogens with two attached hydrogens (primary N) is 2. The van der Waals surface area contributed by atoms with Crippen molar-refractivity contribution >= 4 is 27.2 Å². The van der Waals surface area contributed by atoms with Crippen LogP contribution in [0.2, 0.25) is 0 Å². The van der Waals surface area contributed by atoms with Crippen LogP contribution in [-0.4, -0.2) is 4.45 Å². The van der Waals surface area contributed by atoms with Gasteiger partial charge in [0, 0.05) is 17.7 Å². The van der Waals surface area contributed by atoms with E-state index in [4.69, 9.17) is 11.5 Å². The van der Waals surface area contributed by atoms with E-state index in [1.165, 1.54) is 0 Å². The molecule has 2 rings (SSSR count). The average molecular weight is 283 g/mol. The van der Waals surface area contributed by atoms with Crippen LogP contribution in [0, 0.1) is 0 Å². The van der Waals surface area contributed by atoms with Crippen molar-refractivity contribution in [2.45, 2.75) is 10.9 Å². The van der Waals surface area contributed by atoms with Crippen LogP contribution in [0.5, 0.6) is 0 Å². The van der Waals surface area contributed by atoms with Crippen LogP contribution >= 0.6 is 15.9 Å². The van der Waals surface area contributed by atoms with Gasteiger partial charge in [-0.3, -0.25) is 0 Å². The zero-order valence-electron chi connectivity index (χ0n) is 8.58. The fourth-order valence-corrected chi connectivity index (χ4v) is 2.00. The SMILES string of the molecule is Nc1ccc(C2=C(F)CC(N)(Br)C=C2)cc1. The lowest BCUT2D eigenvalue weighted by atomic mass is 9.96. The summed E-state index contributed by atoms with van der Waals surface area (Å²) in [5.74, 6) is -0.216. The maximum absolute atomic E-state index is 13.8. The standard InChI is InChI=1S/C12H12BrFN2/c13-12(16)6-5-10(11(14)7-12)8-1-3-9(15)4-2-8/h1-6H,7,15-16H2. The zero-order chi connectivity index (χ0) is 11.8. The van der Waals surface area contributed by atoms with Crippen molar-refractivity contribution in [3.63, 3.8) is 0 Å². The summed E-state index contributed by atoms with van der Waals surface area (Å²) in [5.41, 5.74) is 13.4. The van der Waals surface area contributed by atoms with Gasteiger partial charge in [0.25, 0.3) is 0 Å². The summed E-state index contributed by atoms with van der Waals surface area (Å²) in [7, 11) is 0. The first-order valence-corrected chi connectivity index (χ1v) is 5.69. The number of hydrogen-bond acceptors (Lipinski definition) is 2. The number of allylic oxidation sites excluding steroid dienone is 2. The van der Waals surface area contributed by atoms with Gasteiger partial charge in [-0.2, -0.15) is 0 Å². The second-order valence-corrected chi connectivity index (χ2v) is 5.35. The summed E-state index contributed by atoms with van der Waals surface area (Å²) in [5, 5.41) is 0. The van der Waals surface area contributed by atoms with Crippen LogP contribution in [0.25, 0.3) is 5.57 Å². The normalized spacial score (nSPS) is 24.9. The molecule has 0 saturated heterocycles. The molecule has 84 valence electrons. The highest BCUT2D eigenvalue weighted by atomic mass is 79.9. The van der Waals surface area contributed by atoms with Gasteiger partial charge in [0.1, 0.15) is 5.83 Å². The van der Waals surface area contributed by atoms with E-state index in [9.17, 15) is 4.39 Å². The lowest BCUT2D eigenvalue weighted by molar-refractivity contribution is 0.555. The molecule has 1 aliphatic carbocycles. The fraction of sp³-hybridized carbons (Fsp3) is 0.167. The van der Waals surface area contributed by atoms with E-state index >= 15 is 0 Å². The molecule has 1 atom stereocenters. The van der Waals surface area contributed by atoms with E-state index in [2.05, 4.69) is 15.9 Å². The van der Waals surface area contributed by atoms with E-state index in [0.29, 0.717) is 11.3 Å². The Bertz CT molecular complexity index is 460. The third-order valence-corrected chi connectivity index (χ3v) is 3.01. The van der Waals surface area contributed by atoms with E-state index < -0.39 is 4.45 Å². The Morgan fingerprint density at radius 2 is 1.88 bits per heavy atom. The van der Waals surface area contributed by atoms with Crippen molar-refractivity contribution in [3.8, 4) is 0 Å². The van der Waals surface area contributed by atoms with Crippen molar-refractivity contribution in [1.82, 2.24) is 0 Å². The molecule has 0 aromatic heterocycles. The predicted octanol–water partition coefficient (Wildman–Crippen LogP) is 2.96. The van der Waals surface area contributed by atoms with Crippen LogP contribution < -0.4 is 11.5 Å². The molecule has 0 radical (unpaired) electrons. The number of nitrogen functional groups attached to an aromatic ring is 1. The largest absolute Gasteiger partial charge is 0.399 e. The smallest absolute Gasteiger partial charge is 0.111 e. The van der Waals surface area contributed by atoms with Gasteiger partial charge < -0.3 is 11.5 Å². The molecule has 1 unspecified atom stereocenters. The molecule has 4 heteroatoms. The monoisotopic (exact) mass is 282 g/mol. The molecule has 1 aromatic carbocycles. The number of hydrogen-bond donors (Lipinski definition) is 2. The second kappa shape index (κ2) is 4.03. The highest BCUT2D eigenvalue weighted by Gasteiger charge is 2.25. The highest BCUT2D eigenvalue weighted by Crippen LogP contribution is 2.35. The lowest BCUT2D eigenvalue weighted by Crippen LogP contribution is -2.31. The first kappa shape index (κ1) is 11.4. The van der Waals surface area contributed by atoms with Crippen LogP contribution in [0.15, 0.2) is 42.2 Å². The Labute approximate surface area is 102 Å². The molecule has 4 N–H and O–H groups in total. The molecule has 0 aliphatic heterocycles. The van der Waals surface area contributed by atoms with Gasteiger partial charge in [0.15, 0.2) is 0 Å². The van der Waals surface area contributed by atoms with Gasteiger partial charge in [0.2, 0.25) is 0 Å². The van der Waals surface area contributed by atoms with Crippen molar-refractivity contribution in [1.29, 1.82) is 0 Å². The molecule has 0 amide bonds. The molecular weight excluding hydrogens is 271 g/mol. The minimum absolute atomic E-state index is 0.156. The van der Waals surface area contributed by atoms with Crippen molar-refractivity contribution in [3.05, 3.63) is 47.8 Å². The Kier molecular flexibility index (Phi) is 2.86. The molecule has 0 saturated carbocycles. The first-order valence-electron chi connectivity index (χ1n) is 4.89. The topological polar surface area (TPSA) is 52.0 Å². The van der Waals surface area contributed by atoms with Gasteiger partial charge in [-0.25, -0.2) is 4.39 Å². The van der Waals surface area contributed by atoms with E-state index in [1.807, 2.05) is 0 Å². The molecular formula is C12H12BrFN2. The Morgan fingerprint density at radius 1 is 1.25 bits per heavy atom. The third kappa shape index (κ3) is 2.33. The molecule has 0 heterocycles. The van der Waals surface area contributed by atoms with Crippen LogP contribution in [0.4, 0.5) is 10.1 Å². The first-order chi connectivity index (χ1) is 7.48. The summed E-state index contributed by atoms with van der Waals surface area (Å²) < 4.78 is 13.0. The van der Waals surface area contributed by atoms with Gasteiger partial charge >= 0.3 is 0 Å².